The zero-order valence-electron chi connectivity index (χ0n) is 12.5. The molecule has 116 valence electrons. The van der Waals surface area contributed by atoms with Crippen LogP contribution in [0.5, 0.6) is 0 Å². The number of amides is 2. The Kier molecular flexibility index (Phi) is 4.55. The molecule has 1 atom stereocenters. The maximum absolute atomic E-state index is 12.6. The van der Waals surface area contributed by atoms with Gasteiger partial charge in [0.25, 0.3) is 0 Å². The zero-order valence-corrected chi connectivity index (χ0v) is 12.5. The second kappa shape index (κ2) is 6.20. The summed E-state index contributed by atoms with van der Waals surface area (Å²) in [5.74, 6) is -0.219. The summed E-state index contributed by atoms with van der Waals surface area (Å²) in [7, 11) is 1.67. The molecule has 6 nitrogen and oxygen atoms in total. The first-order valence-electron chi connectivity index (χ1n) is 7.30. The first-order valence-corrected chi connectivity index (χ1v) is 7.30. The second-order valence-corrected chi connectivity index (χ2v) is 5.56. The fourth-order valence-electron chi connectivity index (χ4n) is 3.07. The summed E-state index contributed by atoms with van der Waals surface area (Å²) in [5.41, 5.74) is -1.05. The van der Waals surface area contributed by atoms with Crippen LogP contribution in [0.2, 0.25) is 0 Å². The molecule has 1 unspecified atom stereocenters. The molecule has 2 heterocycles. The number of carbonyl (C=O) groups excluding carboxylic acids is 1. The lowest BCUT2D eigenvalue weighted by Gasteiger charge is -2.36. The fraction of sp³-hybridized carbons (Fsp3) is 0.600. The van der Waals surface area contributed by atoms with Gasteiger partial charge in [-0.05, 0) is 31.4 Å². The van der Waals surface area contributed by atoms with Gasteiger partial charge in [0.1, 0.15) is 11.3 Å². The van der Waals surface area contributed by atoms with Crippen LogP contribution >= 0.6 is 0 Å². The number of likely N-dealkylation sites (tertiary alicyclic amines) is 1. The van der Waals surface area contributed by atoms with E-state index in [0.29, 0.717) is 31.7 Å². The van der Waals surface area contributed by atoms with Crippen LogP contribution in [0.15, 0.2) is 22.8 Å². The van der Waals surface area contributed by atoms with E-state index in [1.165, 1.54) is 9.80 Å². The molecule has 1 fully saturated rings. The van der Waals surface area contributed by atoms with Gasteiger partial charge in [-0.15, -0.1) is 0 Å². The smallest absolute Gasteiger partial charge is 0.329 e. The SMILES string of the molecule is CCCC1(C(=O)O)CCCN1C(=O)N(C)Cc1ccco1. The van der Waals surface area contributed by atoms with Crippen LogP contribution in [-0.4, -0.2) is 46.0 Å². The van der Waals surface area contributed by atoms with Gasteiger partial charge in [0, 0.05) is 13.6 Å². The van der Waals surface area contributed by atoms with Crippen LogP contribution in [0, 0.1) is 0 Å². The van der Waals surface area contributed by atoms with Crippen LogP contribution in [0.25, 0.3) is 0 Å². The number of hydrogen-bond donors (Lipinski definition) is 1. The normalized spacial score (nSPS) is 21.5. The molecule has 0 radical (unpaired) electrons. The van der Waals surface area contributed by atoms with E-state index in [0.717, 1.165) is 12.8 Å². The Bertz CT molecular complexity index is 500. The van der Waals surface area contributed by atoms with E-state index in [9.17, 15) is 14.7 Å². The fourth-order valence-corrected chi connectivity index (χ4v) is 3.07. The van der Waals surface area contributed by atoms with Gasteiger partial charge in [0.05, 0.1) is 12.8 Å². The van der Waals surface area contributed by atoms with E-state index < -0.39 is 11.5 Å². The molecule has 1 saturated heterocycles. The first kappa shape index (κ1) is 15.4. The average Bonchev–Trinajstić information content (AvgIpc) is 3.08. The molecule has 0 spiro atoms. The molecule has 1 aliphatic rings. The third kappa shape index (κ3) is 2.89. The van der Waals surface area contributed by atoms with Crippen molar-refractivity contribution in [3.05, 3.63) is 24.2 Å². The summed E-state index contributed by atoms with van der Waals surface area (Å²) in [6.07, 6.45) is 4.03. The molecular formula is C15H22N2O4. The minimum Gasteiger partial charge on any atom is -0.479 e. The predicted octanol–water partition coefficient (Wildman–Crippen LogP) is 2.55. The van der Waals surface area contributed by atoms with Crippen molar-refractivity contribution in [2.24, 2.45) is 0 Å². The molecule has 1 aromatic rings. The van der Waals surface area contributed by atoms with Gasteiger partial charge >= 0.3 is 12.0 Å². The molecule has 1 aromatic heterocycles. The number of hydrogen-bond acceptors (Lipinski definition) is 3. The molecule has 6 heteroatoms. The molecule has 0 saturated carbocycles. The molecule has 1 N–H and O–H groups in total. The Balaban J connectivity index is 2.14. The van der Waals surface area contributed by atoms with E-state index in [1.54, 1.807) is 25.4 Å². The van der Waals surface area contributed by atoms with Gasteiger partial charge in [0.2, 0.25) is 0 Å². The Hall–Kier alpha value is -1.98. The highest BCUT2D eigenvalue weighted by Gasteiger charge is 2.49. The molecule has 21 heavy (non-hydrogen) atoms. The number of carboxylic acids is 1. The third-order valence-corrected chi connectivity index (χ3v) is 4.08. The molecule has 2 rings (SSSR count). The molecule has 0 bridgehead atoms. The number of aliphatic carboxylic acids is 1. The first-order chi connectivity index (χ1) is 10.0. The monoisotopic (exact) mass is 294 g/mol. The standard InChI is InChI=1S/C15H22N2O4/c1-3-7-15(13(18)19)8-5-9-17(15)14(20)16(2)11-12-6-4-10-21-12/h4,6,10H,3,5,7-9,11H2,1-2H3,(H,18,19). The van der Waals surface area contributed by atoms with Crippen LogP contribution in [0.4, 0.5) is 4.79 Å². The number of furan rings is 1. The summed E-state index contributed by atoms with van der Waals surface area (Å²) in [5, 5.41) is 9.62. The van der Waals surface area contributed by atoms with Crippen molar-refractivity contribution in [1.29, 1.82) is 0 Å². The van der Waals surface area contributed by atoms with Gasteiger partial charge in [-0.2, -0.15) is 0 Å². The Morgan fingerprint density at radius 1 is 1.52 bits per heavy atom. The summed E-state index contributed by atoms with van der Waals surface area (Å²) >= 11 is 0. The number of carboxylic acid groups (broad SMARTS) is 1. The largest absolute Gasteiger partial charge is 0.479 e. The Labute approximate surface area is 124 Å². The van der Waals surface area contributed by atoms with E-state index in [2.05, 4.69) is 0 Å². The van der Waals surface area contributed by atoms with Crippen molar-refractivity contribution in [3.8, 4) is 0 Å². The zero-order chi connectivity index (χ0) is 15.5. The number of nitrogens with zero attached hydrogens (tertiary/aromatic N) is 2. The minimum absolute atomic E-state index is 0.250. The van der Waals surface area contributed by atoms with Gasteiger partial charge < -0.3 is 19.3 Å². The van der Waals surface area contributed by atoms with Crippen molar-refractivity contribution < 1.29 is 19.1 Å². The Morgan fingerprint density at radius 3 is 2.86 bits per heavy atom. The molecule has 1 aliphatic heterocycles. The summed E-state index contributed by atoms with van der Waals surface area (Å²) in [6.45, 7) is 2.77. The van der Waals surface area contributed by atoms with Crippen molar-refractivity contribution in [1.82, 2.24) is 9.80 Å². The number of rotatable bonds is 5. The maximum Gasteiger partial charge on any atom is 0.329 e. The van der Waals surface area contributed by atoms with Crippen LogP contribution in [0.1, 0.15) is 38.4 Å². The number of urea groups is 1. The molecule has 2 amide bonds. The van der Waals surface area contributed by atoms with Gasteiger partial charge in [-0.3, -0.25) is 0 Å². The average molecular weight is 294 g/mol. The van der Waals surface area contributed by atoms with Gasteiger partial charge in [-0.25, -0.2) is 9.59 Å². The Morgan fingerprint density at radius 2 is 2.29 bits per heavy atom. The summed E-state index contributed by atoms with van der Waals surface area (Å²) in [4.78, 5) is 27.4. The highest BCUT2D eigenvalue weighted by Crippen LogP contribution is 2.34. The third-order valence-electron chi connectivity index (χ3n) is 4.08. The lowest BCUT2D eigenvalue weighted by Crippen LogP contribution is -2.56. The summed E-state index contributed by atoms with van der Waals surface area (Å²) < 4.78 is 5.24. The van der Waals surface area contributed by atoms with Crippen molar-refractivity contribution in [2.45, 2.75) is 44.7 Å². The highest BCUT2D eigenvalue weighted by atomic mass is 16.4. The van der Waals surface area contributed by atoms with Crippen molar-refractivity contribution >= 4 is 12.0 Å². The van der Waals surface area contributed by atoms with E-state index >= 15 is 0 Å². The van der Waals surface area contributed by atoms with E-state index in [4.69, 9.17) is 4.42 Å². The summed E-state index contributed by atoms with van der Waals surface area (Å²) in [6, 6.07) is 3.31. The van der Waals surface area contributed by atoms with E-state index in [-0.39, 0.29) is 6.03 Å². The van der Waals surface area contributed by atoms with Crippen molar-refractivity contribution in [2.75, 3.05) is 13.6 Å². The van der Waals surface area contributed by atoms with Crippen LogP contribution < -0.4 is 0 Å². The predicted molar refractivity (Wildman–Crippen MR) is 76.8 cm³/mol. The van der Waals surface area contributed by atoms with Gasteiger partial charge in [0.15, 0.2) is 0 Å². The number of carbonyl (C=O) groups is 2. The van der Waals surface area contributed by atoms with Crippen molar-refractivity contribution in [3.63, 3.8) is 0 Å². The van der Waals surface area contributed by atoms with E-state index in [1.807, 2.05) is 6.92 Å². The topological polar surface area (TPSA) is 74.0 Å². The highest BCUT2D eigenvalue weighted by molar-refractivity contribution is 5.87. The van der Waals surface area contributed by atoms with Crippen LogP contribution in [0.3, 0.4) is 0 Å². The van der Waals surface area contributed by atoms with Crippen LogP contribution in [-0.2, 0) is 11.3 Å². The minimum atomic E-state index is -1.05. The van der Waals surface area contributed by atoms with Gasteiger partial charge in [-0.1, -0.05) is 13.3 Å². The lowest BCUT2D eigenvalue weighted by atomic mass is 9.91. The maximum atomic E-state index is 12.6. The molecule has 0 aromatic carbocycles. The molecule has 0 aliphatic carbocycles. The molecular weight excluding hydrogens is 272 g/mol. The second-order valence-electron chi connectivity index (χ2n) is 5.56. The quantitative estimate of drug-likeness (QED) is 0.905. The lowest BCUT2D eigenvalue weighted by molar-refractivity contribution is -0.148.